The number of hydrogen-bond acceptors (Lipinski definition) is 7. The van der Waals surface area contributed by atoms with E-state index in [0.29, 0.717) is 5.75 Å². The summed E-state index contributed by atoms with van der Waals surface area (Å²) in [5, 5.41) is 0. The molecule has 2 unspecified atom stereocenters. The fourth-order valence-corrected chi connectivity index (χ4v) is 7.26. The van der Waals surface area contributed by atoms with Gasteiger partial charge in [0.15, 0.2) is 13.6 Å². The van der Waals surface area contributed by atoms with Gasteiger partial charge < -0.3 is 28.4 Å². The van der Waals surface area contributed by atoms with Crippen LogP contribution in [-0.4, -0.2) is 36.5 Å². The number of rotatable bonds is 12. The summed E-state index contributed by atoms with van der Waals surface area (Å²) >= 11 is 0. The Hall–Kier alpha value is -3.55. The fourth-order valence-electron chi connectivity index (χ4n) is 7.26. The Balaban J connectivity index is 2.32. The fraction of sp³-hybridized carbons (Fsp3) is 0.635. The van der Waals surface area contributed by atoms with Crippen molar-refractivity contribution in [2.45, 2.75) is 204 Å². The molecule has 3 rings (SSSR count). The molecule has 0 fully saturated rings. The highest BCUT2D eigenvalue weighted by Crippen LogP contribution is 2.46. The molecule has 0 N–H and O–H groups in total. The van der Waals surface area contributed by atoms with E-state index in [0.717, 1.165) is 45.7 Å². The first kappa shape index (κ1) is 49.8. The molecule has 0 spiro atoms. The minimum atomic E-state index is -0.709. The van der Waals surface area contributed by atoms with Crippen LogP contribution in [-0.2, 0) is 30.5 Å². The van der Waals surface area contributed by atoms with Crippen molar-refractivity contribution < 1.29 is 33.2 Å². The minimum Gasteiger partial charge on any atom is -0.467 e. The third-order valence-electron chi connectivity index (χ3n) is 10.4. The van der Waals surface area contributed by atoms with Gasteiger partial charge in [0.05, 0.1) is 11.2 Å². The van der Waals surface area contributed by atoms with Crippen molar-refractivity contribution in [1.29, 1.82) is 0 Å². The third kappa shape index (κ3) is 14.6. The van der Waals surface area contributed by atoms with Crippen LogP contribution in [0, 0.1) is 20.8 Å². The molecule has 0 saturated carbocycles. The Kier molecular flexibility index (Phi) is 15.4. The Morgan fingerprint density at radius 3 is 1.19 bits per heavy atom. The molecular formula is C52H80O7. The van der Waals surface area contributed by atoms with E-state index in [2.05, 4.69) is 120 Å². The topological polar surface area (TPSA) is 72.5 Å². The molecular weight excluding hydrogens is 737 g/mol. The van der Waals surface area contributed by atoms with E-state index in [1.165, 1.54) is 22.3 Å². The quantitative estimate of drug-likeness (QED) is 0.102. The minimum absolute atomic E-state index is 0.0174. The molecule has 0 aliphatic heterocycles. The highest BCUT2D eigenvalue weighted by Gasteiger charge is 2.32. The number of benzene rings is 3. The normalized spacial score (nSPS) is 14.2. The highest BCUT2D eigenvalue weighted by atomic mass is 16.7. The predicted molar refractivity (Wildman–Crippen MR) is 244 cm³/mol. The largest absolute Gasteiger partial charge is 0.514 e. The van der Waals surface area contributed by atoms with Crippen molar-refractivity contribution in [2.75, 3.05) is 13.6 Å². The van der Waals surface area contributed by atoms with Crippen molar-refractivity contribution in [3.8, 4) is 17.2 Å². The van der Waals surface area contributed by atoms with Gasteiger partial charge in [-0.25, -0.2) is 4.79 Å². The van der Waals surface area contributed by atoms with Crippen molar-refractivity contribution in [3.05, 3.63) is 86.5 Å². The molecule has 0 bridgehead atoms. The van der Waals surface area contributed by atoms with Gasteiger partial charge in [0, 0.05) is 11.5 Å². The van der Waals surface area contributed by atoms with Crippen molar-refractivity contribution >= 4 is 6.16 Å². The summed E-state index contributed by atoms with van der Waals surface area (Å²) in [5.74, 6) is 2.35. The van der Waals surface area contributed by atoms with Crippen LogP contribution in [0.2, 0.25) is 0 Å². The maximum Gasteiger partial charge on any atom is 0.514 e. The highest BCUT2D eigenvalue weighted by molar-refractivity contribution is 5.66. The predicted octanol–water partition coefficient (Wildman–Crippen LogP) is 14.4. The lowest BCUT2D eigenvalue weighted by molar-refractivity contribution is -0.0768. The summed E-state index contributed by atoms with van der Waals surface area (Å²) < 4.78 is 36.3. The number of ether oxygens (including phenoxy) is 6. The number of aryl methyl sites for hydroxylation is 3. The average Bonchev–Trinajstić information content (AvgIpc) is 3.00. The van der Waals surface area contributed by atoms with Crippen LogP contribution in [0.15, 0.2) is 36.4 Å². The second-order valence-corrected chi connectivity index (χ2v) is 22.7. The number of hydrogen-bond donors (Lipinski definition) is 0. The molecule has 7 nitrogen and oxygen atoms in total. The monoisotopic (exact) mass is 817 g/mol. The molecule has 3 aromatic carbocycles. The van der Waals surface area contributed by atoms with E-state index in [-0.39, 0.29) is 52.9 Å². The first-order chi connectivity index (χ1) is 26.6. The van der Waals surface area contributed by atoms with Crippen LogP contribution < -0.4 is 14.2 Å². The number of carbonyl (C=O) groups is 1. The lowest BCUT2D eigenvalue weighted by atomic mass is 9.74. The van der Waals surface area contributed by atoms with E-state index >= 15 is 0 Å². The summed E-state index contributed by atoms with van der Waals surface area (Å²) in [5.41, 5.74) is 8.28. The van der Waals surface area contributed by atoms with Crippen LogP contribution in [0.5, 0.6) is 17.2 Å². The maximum atomic E-state index is 13.1. The standard InChI is InChI=1S/C52H80O7/c1-32(36-27-40(47(5,6)7)43(24-33(36)2)54-30-56-50(14,15)16)23-39(37-28-41(48(8,9)10)44(25-34(37)3)55-31-57-51(17,18)19)38-29-42(49(11,12)13)45(26-35(38)4)58-46(53)59-52(20,21)22/h24-29,32,39H,23,30-31H2,1-22H3. The second-order valence-electron chi connectivity index (χ2n) is 22.7. The van der Waals surface area contributed by atoms with Crippen LogP contribution >= 0.6 is 0 Å². The van der Waals surface area contributed by atoms with Crippen LogP contribution in [0.25, 0.3) is 0 Å². The Morgan fingerprint density at radius 1 is 0.492 bits per heavy atom. The Morgan fingerprint density at radius 2 is 0.831 bits per heavy atom. The molecule has 0 radical (unpaired) electrons. The van der Waals surface area contributed by atoms with Crippen molar-refractivity contribution in [1.82, 2.24) is 0 Å². The molecule has 59 heavy (non-hydrogen) atoms. The molecule has 0 saturated heterocycles. The van der Waals surface area contributed by atoms with Gasteiger partial charge >= 0.3 is 6.16 Å². The van der Waals surface area contributed by atoms with Gasteiger partial charge in [-0.15, -0.1) is 0 Å². The summed E-state index contributed by atoms with van der Waals surface area (Å²) in [6.45, 7) is 46.8. The molecule has 0 aliphatic carbocycles. The Bertz CT molecular complexity index is 1910. The smallest absolute Gasteiger partial charge is 0.467 e. The van der Waals surface area contributed by atoms with Gasteiger partial charge in [-0.05, 0) is 174 Å². The lowest BCUT2D eigenvalue weighted by Crippen LogP contribution is -2.27. The van der Waals surface area contributed by atoms with Gasteiger partial charge in [-0.2, -0.15) is 0 Å². The first-order valence-corrected chi connectivity index (χ1v) is 21.5. The van der Waals surface area contributed by atoms with E-state index in [1.54, 1.807) is 0 Å². The van der Waals surface area contributed by atoms with Crippen molar-refractivity contribution in [2.24, 2.45) is 0 Å². The molecule has 3 aromatic rings. The van der Waals surface area contributed by atoms with Crippen LogP contribution in [0.1, 0.15) is 200 Å². The molecule has 0 aromatic heterocycles. The molecule has 0 amide bonds. The third-order valence-corrected chi connectivity index (χ3v) is 10.4. The van der Waals surface area contributed by atoms with E-state index in [4.69, 9.17) is 28.4 Å². The van der Waals surface area contributed by atoms with E-state index < -0.39 is 11.8 Å². The SMILES string of the molecule is Cc1cc(OCOC(C)(C)C)c(C(C)(C)C)cc1C(C)CC(c1cc(C(C)(C)C)c(OCOC(C)(C)C)cc1C)c1cc(C(C)(C)C)c(OC(=O)OC(C)(C)C)cc1C. The van der Waals surface area contributed by atoms with E-state index in [1.807, 2.05) is 68.4 Å². The zero-order valence-corrected chi connectivity index (χ0v) is 41.1. The van der Waals surface area contributed by atoms with Gasteiger partial charge in [-0.1, -0.05) is 87.4 Å². The summed E-state index contributed by atoms with van der Waals surface area (Å²) in [6, 6.07) is 13.4. The van der Waals surface area contributed by atoms with Crippen molar-refractivity contribution in [3.63, 3.8) is 0 Å². The lowest BCUT2D eigenvalue weighted by Gasteiger charge is -2.32. The van der Waals surface area contributed by atoms with Gasteiger partial charge in [-0.3, -0.25) is 0 Å². The van der Waals surface area contributed by atoms with Gasteiger partial charge in [0.25, 0.3) is 0 Å². The number of carbonyl (C=O) groups excluding carboxylic acids is 1. The summed E-state index contributed by atoms with van der Waals surface area (Å²) in [4.78, 5) is 13.1. The molecule has 2 atom stereocenters. The summed E-state index contributed by atoms with van der Waals surface area (Å²) in [7, 11) is 0. The first-order valence-electron chi connectivity index (χ1n) is 21.5. The van der Waals surface area contributed by atoms with E-state index in [9.17, 15) is 4.79 Å². The molecule has 7 heteroatoms. The second kappa shape index (κ2) is 18.2. The van der Waals surface area contributed by atoms with Gasteiger partial charge in [0.1, 0.15) is 22.8 Å². The van der Waals surface area contributed by atoms with Gasteiger partial charge in [0.2, 0.25) is 0 Å². The maximum absolute atomic E-state index is 13.1. The molecule has 330 valence electrons. The molecule has 0 heterocycles. The zero-order valence-electron chi connectivity index (χ0n) is 41.1. The summed E-state index contributed by atoms with van der Waals surface area (Å²) in [6.07, 6.45) is 0.117. The van der Waals surface area contributed by atoms with Crippen LogP contribution in [0.4, 0.5) is 4.79 Å². The Labute approximate surface area is 359 Å². The zero-order chi connectivity index (χ0) is 45.3. The molecule has 0 aliphatic rings. The average molecular weight is 817 g/mol. The van der Waals surface area contributed by atoms with Crippen LogP contribution in [0.3, 0.4) is 0 Å².